The van der Waals surface area contributed by atoms with E-state index in [0.29, 0.717) is 0 Å². The van der Waals surface area contributed by atoms with Gasteiger partial charge in [0.15, 0.2) is 0 Å². The molecule has 1 N–H and O–H groups in total. The van der Waals surface area contributed by atoms with Crippen LogP contribution in [-0.2, 0) is 7.05 Å². The van der Waals surface area contributed by atoms with Crippen LogP contribution in [0.3, 0.4) is 0 Å². The minimum absolute atomic E-state index is 0.0989. The molecule has 2 rings (SSSR count). The van der Waals surface area contributed by atoms with Crippen molar-refractivity contribution in [1.82, 2.24) is 15.1 Å². The number of hydrogen-bond acceptors (Lipinski definition) is 3. The van der Waals surface area contributed by atoms with Crippen LogP contribution in [0.25, 0.3) is 0 Å². The van der Waals surface area contributed by atoms with E-state index in [2.05, 4.69) is 35.5 Å². The molecule has 1 unspecified atom stereocenters. The molecule has 0 spiro atoms. The summed E-state index contributed by atoms with van der Waals surface area (Å²) in [6, 6.07) is 10.4. The van der Waals surface area contributed by atoms with Crippen molar-refractivity contribution in [2.45, 2.75) is 39.3 Å². The van der Waals surface area contributed by atoms with Crippen molar-refractivity contribution in [1.29, 1.82) is 0 Å². The Hall–Kier alpha value is -1.81. The summed E-state index contributed by atoms with van der Waals surface area (Å²) < 4.78 is 7.63. The van der Waals surface area contributed by atoms with Gasteiger partial charge in [0.25, 0.3) is 0 Å². The van der Waals surface area contributed by atoms with Gasteiger partial charge in [-0.2, -0.15) is 5.10 Å². The van der Waals surface area contributed by atoms with E-state index >= 15 is 0 Å². The monoisotopic (exact) mass is 287 g/mol. The fourth-order valence-corrected chi connectivity index (χ4v) is 2.31. The lowest BCUT2D eigenvalue weighted by atomic mass is 10.0. The number of nitrogens with one attached hydrogen (secondary N) is 1. The molecule has 1 aromatic heterocycles. The first-order chi connectivity index (χ1) is 10.1. The molecule has 1 aromatic carbocycles. The molecule has 0 aliphatic carbocycles. The van der Waals surface area contributed by atoms with Crippen molar-refractivity contribution in [3.63, 3.8) is 0 Å². The summed E-state index contributed by atoms with van der Waals surface area (Å²) in [4.78, 5) is 0. The highest BCUT2D eigenvalue weighted by atomic mass is 16.5. The van der Waals surface area contributed by atoms with Gasteiger partial charge in [0.2, 0.25) is 0 Å². The maximum absolute atomic E-state index is 5.80. The summed E-state index contributed by atoms with van der Waals surface area (Å²) in [7, 11) is 1.94. The Bertz CT molecular complexity index is 563. The van der Waals surface area contributed by atoms with Crippen molar-refractivity contribution < 1.29 is 4.74 Å². The maximum Gasteiger partial charge on any atom is 0.120 e. The van der Waals surface area contributed by atoms with E-state index in [1.165, 1.54) is 5.56 Å². The molecule has 0 saturated carbocycles. The second-order valence-electron chi connectivity index (χ2n) is 5.54. The molecule has 0 aliphatic rings. The van der Waals surface area contributed by atoms with E-state index in [0.717, 1.165) is 24.4 Å². The molecule has 4 heteroatoms. The van der Waals surface area contributed by atoms with Gasteiger partial charge >= 0.3 is 0 Å². The van der Waals surface area contributed by atoms with Gasteiger partial charge in [-0.15, -0.1) is 0 Å². The highest BCUT2D eigenvalue weighted by molar-refractivity contribution is 5.34. The smallest absolute Gasteiger partial charge is 0.120 e. The number of hydrogen-bond donors (Lipinski definition) is 1. The van der Waals surface area contributed by atoms with Crippen molar-refractivity contribution in [3.8, 4) is 5.75 Å². The van der Waals surface area contributed by atoms with Gasteiger partial charge in [0.05, 0.1) is 17.8 Å². The number of aromatic nitrogens is 2. The predicted octanol–water partition coefficient (Wildman–Crippen LogP) is 3.30. The molecular formula is C17H25N3O. The SMILES string of the molecule is CCCNC(c1cccc(OC(C)C)c1)c1ccn(C)n1. The van der Waals surface area contributed by atoms with Crippen LogP contribution in [0.1, 0.15) is 44.5 Å². The fourth-order valence-electron chi connectivity index (χ4n) is 2.31. The average molecular weight is 287 g/mol. The minimum Gasteiger partial charge on any atom is -0.491 e. The summed E-state index contributed by atoms with van der Waals surface area (Å²) in [5, 5.41) is 8.11. The zero-order valence-electron chi connectivity index (χ0n) is 13.3. The second-order valence-corrected chi connectivity index (χ2v) is 5.54. The zero-order valence-corrected chi connectivity index (χ0v) is 13.3. The highest BCUT2D eigenvalue weighted by Gasteiger charge is 2.16. The molecule has 0 amide bonds. The Kier molecular flexibility index (Phi) is 5.39. The maximum atomic E-state index is 5.80. The Labute approximate surface area is 127 Å². The third kappa shape index (κ3) is 4.33. The van der Waals surface area contributed by atoms with Crippen LogP contribution in [0.2, 0.25) is 0 Å². The largest absolute Gasteiger partial charge is 0.491 e. The van der Waals surface area contributed by atoms with E-state index in [9.17, 15) is 0 Å². The number of nitrogens with zero attached hydrogens (tertiary/aromatic N) is 2. The lowest BCUT2D eigenvalue weighted by Gasteiger charge is -2.18. The van der Waals surface area contributed by atoms with Gasteiger partial charge in [0.1, 0.15) is 5.75 Å². The first-order valence-electron chi connectivity index (χ1n) is 7.59. The van der Waals surface area contributed by atoms with Crippen LogP contribution < -0.4 is 10.1 Å². The van der Waals surface area contributed by atoms with Crippen LogP contribution in [0, 0.1) is 0 Å². The number of ether oxygens (including phenoxy) is 1. The molecule has 0 radical (unpaired) electrons. The highest BCUT2D eigenvalue weighted by Crippen LogP contribution is 2.24. The third-order valence-corrected chi connectivity index (χ3v) is 3.19. The van der Waals surface area contributed by atoms with E-state index in [1.807, 2.05) is 43.9 Å². The molecule has 0 fully saturated rings. The van der Waals surface area contributed by atoms with Gasteiger partial charge in [-0.3, -0.25) is 4.68 Å². The number of benzene rings is 1. The first kappa shape index (κ1) is 15.6. The molecule has 1 heterocycles. The molecule has 4 nitrogen and oxygen atoms in total. The topological polar surface area (TPSA) is 39.1 Å². The molecule has 21 heavy (non-hydrogen) atoms. The van der Waals surface area contributed by atoms with Gasteiger partial charge in [-0.05, 0) is 50.6 Å². The summed E-state index contributed by atoms with van der Waals surface area (Å²) in [6.45, 7) is 7.20. The van der Waals surface area contributed by atoms with Crippen molar-refractivity contribution in [3.05, 3.63) is 47.8 Å². The average Bonchev–Trinajstić information content (AvgIpc) is 2.85. The zero-order chi connectivity index (χ0) is 15.2. The molecule has 0 bridgehead atoms. The first-order valence-corrected chi connectivity index (χ1v) is 7.59. The second kappa shape index (κ2) is 7.27. The van der Waals surface area contributed by atoms with Gasteiger partial charge in [0, 0.05) is 13.2 Å². The van der Waals surface area contributed by atoms with Crippen LogP contribution in [0.15, 0.2) is 36.5 Å². The normalized spacial score (nSPS) is 12.6. The Morgan fingerprint density at radius 1 is 1.29 bits per heavy atom. The van der Waals surface area contributed by atoms with Gasteiger partial charge < -0.3 is 10.1 Å². The molecule has 114 valence electrons. The summed E-state index contributed by atoms with van der Waals surface area (Å²) in [5.41, 5.74) is 2.22. The van der Waals surface area contributed by atoms with Gasteiger partial charge in [-0.25, -0.2) is 0 Å². The summed E-state index contributed by atoms with van der Waals surface area (Å²) in [6.07, 6.45) is 3.24. The Morgan fingerprint density at radius 2 is 2.10 bits per heavy atom. The van der Waals surface area contributed by atoms with Crippen LogP contribution in [0.5, 0.6) is 5.75 Å². The Morgan fingerprint density at radius 3 is 2.71 bits per heavy atom. The molecule has 0 saturated heterocycles. The lowest BCUT2D eigenvalue weighted by Crippen LogP contribution is -2.24. The molecule has 2 aromatic rings. The molecule has 1 atom stereocenters. The van der Waals surface area contributed by atoms with Crippen LogP contribution in [-0.4, -0.2) is 22.4 Å². The van der Waals surface area contributed by atoms with Crippen LogP contribution >= 0.6 is 0 Å². The van der Waals surface area contributed by atoms with Crippen molar-refractivity contribution in [2.75, 3.05) is 6.54 Å². The number of aryl methyl sites for hydroxylation is 1. The van der Waals surface area contributed by atoms with E-state index < -0.39 is 0 Å². The number of rotatable bonds is 7. The minimum atomic E-state index is 0.0989. The van der Waals surface area contributed by atoms with Crippen LogP contribution in [0.4, 0.5) is 0 Å². The molecule has 0 aliphatic heterocycles. The standard InChI is InChI=1S/C17H25N3O/c1-5-10-18-17(16-9-11-20(4)19-16)14-7-6-8-15(12-14)21-13(2)3/h6-9,11-13,17-18H,5,10H2,1-4H3. The van der Waals surface area contributed by atoms with Crippen molar-refractivity contribution >= 4 is 0 Å². The molecular weight excluding hydrogens is 262 g/mol. The predicted molar refractivity (Wildman–Crippen MR) is 85.6 cm³/mol. The van der Waals surface area contributed by atoms with Crippen molar-refractivity contribution in [2.24, 2.45) is 7.05 Å². The summed E-state index contributed by atoms with van der Waals surface area (Å²) >= 11 is 0. The third-order valence-electron chi connectivity index (χ3n) is 3.19. The van der Waals surface area contributed by atoms with E-state index in [-0.39, 0.29) is 12.1 Å². The van der Waals surface area contributed by atoms with E-state index in [1.54, 1.807) is 0 Å². The lowest BCUT2D eigenvalue weighted by molar-refractivity contribution is 0.242. The fraction of sp³-hybridized carbons (Fsp3) is 0.471. The van der Waals surface area contributed by atoms with Gasteiger partial charge in [-0.1, -0.05) is 19.1 Å². The van der Waals surface area contributed by atoms with E-state index in [4.69, 9.17) is 4.74 Å². The quantitative estimate of drug-likeness (QED) is 0.849. The Balaban J connectivity index is 2.27. The summed E-state index contributed by atoms with van der Waals surface area (Å²) in [5.74, 6) is 0.904.